The summed E-state index contributed by atoms with van der Waals surface area (Å²) < 4.78 is 10.9. The second kappa shape index (κ2) is 10.5. The first-order valence-corrected chi connectivity index (χ1v) is 12.4. The maximum atomic E-state index is 12.9. The summed E-state index contributed by atoms with van der Waals surface area (Å²) in [5, 5.41) is 0. The average Bonchev–Trinajstić information content (AvgIpc) is 2.83. The van der Waals surface area contributed by atoms with Crippen molar-refractivity contribution in [1.29, 1.82) is 0 Å². The van der Waals surface area contributed by atoms with Crippen molar-refractivity contribution < 1.29 is 19.1 Å². The molecule has 2 aromatic carbocycles. The van der Waals surface area contributed by atoms with E-state index >= 15 is 0 Å². The summed E-state index contributed by atoms with van der Waals surface area (Å²) in [6.07, 6.45) is 5.92. The van der Waals surface area contributed by atoms with Gasteiger partial charge in [-0.1, -0.05) is 50.2 Å². The van der Waals surface area contributed by atoms with Crippen molar-refractivity contribution in [3.8, 4) is 5.75 Å². The lowest BCUT2D eigenvalue weighted by Gasteiger charge is -2.47. The van der Waals surface area contributed by atoms with Crippen LogP contribution in [-0.4, -0.2) is 36.4 Å². The number of hydrogen-bond donors (Lipinski definition) is 0. The monoisotopic (exact) mass is 461 g/mol. The van der Waals surface area contributed by atoms with Crippen LogP contribution in [0.3, 0.4) is 0 Å². The number of ether oxygens (including phenoxy) is 2. The Bertz CT molecular complexity index is 1070. The first kappa shape index (κ1) is 24.1. The minimum absolute atomic E-state index is 0.0888. The Labute approximate surface area is 202 Å². The first-order chi connectivity index (χ1) is 16.4. The van der Waals surface area contributed by atoms with Gasteiger partial charge in [0.2, 0.25) is 0 Å². The number of rotatable bonds is 8. The molecule has 0 saturated heterocycles. The number of carbonyl (C=O) groups excluding carboxylic acids is 2. The van der Waals surface area contributed by atoms with Crippen molar-refractivity contribution in [2.24, 2.45) is 5.92 Å². The van der Waals surface area contributed by atoms with Crippen molar-refractivity contribution in [2.45, 2.75) is 65.0 Å². The van der Waals surface area contributed by atoms with Crippen LogP contribution in [0.4, 0.5) is 0 Å². The van der Waals surface area contributed by atoms with Gasteiger partial charge in [-0.2, -0.15) is 0 Å². The highest BCUT2D eigenvalue weighted by Gasteiger charge is 2.41. The highest BCUT2D eigenvalue weighted by molar-refractivity contribution is 6.17. The minimum Gasteiger partial charge on any atom is -0.496 e. The van der Waals surface area contributed by atoms with Gasteiger partial charge in [-0.3, -0.25) is 4.79 Å². The Morgan fingerprint density at radius 2 is 1.88 bits per heavy atom. The zero-order chi connectivity index (χ0) is 24.2. The van der Waals surface area contributed by atoms with E-state index in [1.54, 1.807) is 20.2 Å². The Morgan fingerprint density at radius 3 is 2.56 bits per heavy atom. The van der Waals surface area contributed by atoms with E-state index in [0.717, 1.165) is 37.0 Å². The molecule has 2 aromatic rings. The number of methoxy groups -OCH3 is 1. The molecule has 2 aliphatic heterocycles. The zero-order valence-corrected chi connectivity index (χ0v) is 20.7. The number of carbonyl (C=O) groups is 2. The Balaban J connectivity index is 1.63. The lowest BCUT2D eigenvalue weighted by atomic mass is 9.79. The number of Topliss-reactive ketones (excluding diaryl/α,β-unsaturated/α-hetero) is 1. The van der Waals surface area contributed by atoms with E-state index in [1.165, 1.54) is 16.7 Å². The summed E-state index contributed by atoms with van der Waals surface area (Å²) in [6, 6.07) is 15.1. The van der Waals surface area contributed by atoms with E-state index in [2.05, 4.69) is 55.1 Å². The molecule has 2 heterocycles. The van der Waals surface area contributed by atoms with Crippen LogP contribution in [0, 0.1) is 5.92 Å². The Hall–Kier alpha value is -3.08. The molecular weight excluding hydrogens is 426 g/mol. The standard InChI is InChI=1S/C29H35NO4/c1-5-34-29(32)24-18-30-25(19(2)3)15-22-14-21(13-9-12-20-10-7-6-8-11-20)28(33-4)16-23(22)26(30)17-27(24)31/h6-8,10-11,14,16,18-19,25-26H,5,9,12-13,15,17H2,1-4H3. The summed E-state index contributed by atoms with van der Waals surface area (Å²) in [5.74, 6) is 0.570. The molecule has 5 nitrogen and oxygen atoms in total. The molecule has 0 aromatic heterocycles. The van der Waals surface area contributed by atoms with Crippen LogP contribution in [0.25, 0.3) is 0 Å². The predicted molar refractivity (Wildman–Crippen MR) is 133 cm³/mol. The summed E-state index contributed by atoms with van der Waals surface area (Å²) in [7, 11) is 1.71. The van der Waals surface area contributed by atoms with Crippen LogP contribution < -0.4 is 4.74 Å². The van der Waals surface area contributed by atoms with Gasteiger partial charge in [0, 0.05) is 18.7 Å². The maximum absolute atomic E-state index is 12.9. The van der Waals surface area contributed by atoms with Gasteiger partial charge in [0.25, 0.3) is 0 Å². The smallest absolute Gasteiger partial charge is 0.343 e. The van der Waals surface area contributed by atoms with Crippen molar-refractivity contribution in [3.63, 3.8) is 0 Å². The van der Waals surface area contributed by atoms with Gasteiger partial charge >= 0.3 is 5.97 Å². The molecule has 0 N–H and O–H groups in total. The van der Waals surface area contributed by atoms with E-state index in [9.17, 15) is 9.59 Å². The molecule has 4 rings (SSSR count). The van der Waals surface area contributed by atoms with E-state index in [0.29, 0.717) is 5.92 Å². The summed E-state index contributed by atoms with van der Waals surface area (Å²) in [4.78, 5) is 27.5. The second-order valence-electron chi connectivity index (χ2n) is 9.57. The highest BCUT2D eigenvalue weighted by Crippen LogP contribution is 2.43. The summed E-state index contributed by atoms with van der Waals surface area (Å²) in [6.45, 7) is 6.41. The molecule has 2 aliphatic rings. The number of nitrogens with zero attached hydrogens (tertiary/aromatic N) is 1. The third-order valence-corrected chi connectivity index (χ3v) is 7.05. The predicted octanol–water partition coefficient (Wildman–Crippen LogP) is 5.21. The molecule has 0 bridgehead atoms. The lowest BCUT2D eigenvalue weighted by molar-refractivity contribution is -0.140. The average molecular weight is 462 g/mol. The van der Waals surface area contributed by atoms with Crippen LogP contribution in [0.15, 0.2) is 54.2 Å². The fraction of sp³-hybridized carbons (Fsp3) is 0.448. The second-order valence-corrected chi connectivity index (χ2v) is 9.57. The molecule has 2 unspecified atom stereocenters. The van der Waals surface area contributed by atoms with Crippen molar-refractivity contribution >= 4 is 11.8 Å². The van der Waals surface area contributed by atoms with Crippen LogP contribution >= 0.6 is 0 Å². The van der Waals surface area contributed by atoms with E-state index in [4.69, 9.17) is 9.47 Å². The number of ketones is 1. The van der Waals surface area contributed by atoms with Gasteiger partial charge in [0.1, 0.15) is 11.3 Å². The molecule has 0 radical (unpaired) electrons. The summed E-state index contributed by atoms with van der Waals surface area (Å²) in [5.41, 5.74) is 5.15. The van der Waals surface area contributed by atoms with E-state index in [1.807, 2.05) is 6.07 Å². The lowest BCUT2D eigenvalue weighted by Crippen LogP contribution is -2.47. The first-order valence-electron chi connectivity index (χ1n) is 12.4. The number of esters is 1. The van der Waals surface area contributed by atoms with Gasteiger partial charge in [-0.25, -0.2) is 4.79 Å². The Kier molecular flexibility index (Phi) is 7.40. The third kappa shape index (κ3) is 4.89. The molecule has 0 amide bonds. The SMILES string of the molecule is CCOC(=O)C1=CN2C(CC1=O)c1cc(OC)c(CCCc3ccccc3)cc1CC2C(C)C. The van der Waals surface area contributed by atoms with Gasteiger partial charge < -0.3 is 14.4 Å². The number of aryl methyl sites for hydroxylation is 2. The van der Waals surface area contributed by atoms with Crippen molar-refractivity contribution in [2.75, 3.05) is 13.7 Å². The quantitative estimate of drug-likeness (QED) is 0.399. The van der Waals surface area contributed by atoms with E-state index in [-0.39, 0.29) is 36.5 Å². The molecule has 5 heteroatoms. The fourth-order valence-corrected chi connectivity index (χ4v) is 5.28. The largest absolute Gasteiger partial charge is 0.496 e. The van der Waals surface area contributed by atoms with Gasteiger partial charge in [0.15, 0.2) is 5.78 Å². The molecule has 180 valence electrons. The Morgan fingerprint density at radius 1 is 1.12 bits per heavy atom. The fourth-order valence-electron chi connectivity index (χ4n) is 5.28. The molecule has 0 spiro atoms. The molecule has 0 aliphatic carbocycles. The maximum Gasteiger partial charge on any atom is 0.343 e. The number of fused-ring (bicyclic) bond motifs is 3. The highest BCUT2D eigenvalue weighted by atomic mass is 16.5. The molecule has 0 saturated carbocycles. The molecular formula is C29H35NO4. The zero-order valence-electron chi connectivity index (χ0n) is 20.7. The van der Waals surface area contributed by atoms with E-state index < -0.39 is 5.97 Å². The van der Waals surface area contributed by atoms with Crippen LogP contribution in [0.2, 0.25) is 0 Å². The van der Waals surface area contributed by atoms with Crippen LogP contribution in [-0.2, 0) is 33.6 Å². The topological polar surface area (TPSA) is 55.8 Å². The van der Waals surface area contributed by atoms with Crippen molar-refractivity contribution in [3.05, 3.63) is 76.5 Å². The molecule has 0 fully saturated rings. The minimum atomic E-state index is -0.523. The van der Waals surface area contributed by atoms with Crippen LogP contribution in [0.1, 0.15) is 61.9 Å². The van der Waals surface area contributed by atoms with Gasteiger partial charge in [-0.05, 0) is 66.8 Å². The van der Waals surface area contributed by atoms with Gasteiger partial charge in [0.05, 0.1) is 19.8 Å². The van der Waals surface area contributed by atoms with Crippen molar-refractivity contribution in [1.82, 2.24) is 4.90 Å². The molecule has 2 atom stereocenters. The van der Waals surface area contributed by atoms with Gasteiger partial charge in [-0.15, -0.1) is 0 Å². The normalized spacial score (nSPS) is 19.4. The number of benzene rings is 2. The summed E-state index contributed by atoms with van der Waals surface area (Å²) >= 11 is 0. The van der Waals surface area contributed by atoms with Crippen LogP contribution in [0.5, 0.6) is 5.75 Å². The third-order valence-electron chi connectivity index (χ3n) is 7.05. The number of hydrogen-bond acceptors (Lipinski definition) is 5. The molecule has 34 heavy (non-hydrogen) atoms.